The normalized spacial score (nSPS) is 19.3. The van der Waals surface area contributed by atoms with Crippen LogP contribution in [0.5, 0.6) is 0 Å². The van der Waals surface area contributed by atoms with Gasteiger partial charge in [-0.2, -0.15) is 0 Å². The van der Waals surface area contributed by atoms with Crippen LogP contribution in [0, 0.1) is 0 Å². The van der Waals surface area contributed by atoms with E-state index < -0.39 is 0 Å². The topological polar surface area (TPSA) is 87.9 Å². The first-order valence-electron chi connectivity index (χ1n) is 9.28. The number of piperazine rings is 1. The molecule has 26 heavy (non-hydrogen) atoms. The molecule has 2 fully saturated rings. The van der Waals surface area contributed by atoms with Gasteiger partial charge in [0, 0.05) is 64.6 Å². The summed E-state index contributed by atoms with van der Waals surface area (Å²) in [5.74, 6) is 0.0156. The van der Waals surface area contributed by atoms with Gasteiger partial charge in [-0.15, -0.1) is 0 Å². The second-order valence-corrected chi connectivity index (χ2v) is 7.06. The van der Waals surface area contributed by atoms with Crippen LogP contribution >= 0.6 is 0 Å². The molecule has 142 valence electrons. The van der Waals surface area contributed by atoms with Crippen LogP contribution in [0.2, 0.25) is 0 Å². The fraction of sp³-hybridized carbons (Fsp3) is 0.579. The minimum absolute atomic E-state index is 0.113. The number of anilines is 1. The van der Waals surface area contributed by atoms with E-state index in [2.05, 4.69) is 10.2 Å². The van der Waals surface area contributed by atoms with Crippen molar-refractivity contribution < 1.29 is 14.3 Å². The quantitative estimate of drug-likeness (QED) is 0.777. The van der Waals surface area contributed by atoms with Gasteiger partial charge in [0.25, 0.3) is 5.91 Å². The molecule has 2 aliphatic heterocycles. The third-order valence-corrected chi connectivity index (χ3v) is 5.14. The van der Waals surface area contributed by atoms with Gasteiger partial charge in [-0.25, -0.2) is 0 Å². The van der Waals surface area contributed by atoms with Crippen LogP contribution in [0.1, 0.15) is 35.7 Å². The number of benzene rings is 1. The van der Waals surface area contributed by atoms with Crippen LogP contribution in [-0.2, 0) is 16.1 Å². The highest BCUT2D eigenvalue weighted by atomic mass is 16.5. The van der Waals surface area contributed by atoms with Gasteiger partial charge in [0.2, 0.25) is 5.91 Å². The third-order valence-electron chi connectivity index (χ3n) is 5.14. The van der Waals surface area contributed by atoms with Crippen molar-refractivity contribution in [2.45, 2.75) is 32.4 Å². The molecule has 7 nitrogen and oxygen atoms in total. The average molecular weight is 360 g/mol. The Kier molecular flexibility index (Phi) is 6.11. The molecular formula is C19H28N4O3. The lowest BCUT2D eigenvalue weighted by Gasteiger charge is -2.34. The van der Waals surface area contributed by atoms with Crippen molar-refractivity contribution in [1.29, 1.82) is 0 Å². The van der Waals surface area contributed by atoms with E-state index in [9.17, 15) is 9.59 Å². The second kappa shape index (κ2) is 8.51. The van der Waals surface area contributed by atoms with Gasteiger partial charge in [-0.3, -0.25) is 14.5 Å². The lowest BCUT2D eigenvalue weighted by Crippen LogP contribution is -2.47. The highest BCUT2D eigenvalue weighted by Crippen LogP contribution is 2.18. The van der Waals surface area contributed by atoms with E-state index in [0.29, 0.717) is 24.5 Å². The van der Waals surface area contributed by atoms with Crippen LogP contribution in [0.15, 0.2) is 18.2 Å². The summed E-state index contributed by atoms with van der Waals surface area (Å²) < 4.78 is 5.33. The fourth-order valence-electron chi connectivity index (χ4n) is 3.48. The highest BCUT2D eigenvalue weighted by molar-refractivity contribution is 5.99. The van der Waals surface area contributed by atoms with E-state index in [1.807, 2.05) is 17.0 Å². The first-order chi connectivity index (χ1) is 12.5. The van der Waals surface area contributed by atoms with Crippen LogP contribution in [-0.4, -0.2) is 67.0 Å². The number of hydrogen-bond donors (Lipinski definition) is 2. The lowest BCUT2D eigenvalue weighted by atomic mass is 10.0. The molecule has 0 aliphatic carbocycles. The standard InChI is InChI=1S/C19H28N4O3/c1-14(24)23-8-6-22(7-9-23)13-15-2-3-18(20)17(12-15)19(25)21-16-4-10-26-11-5-16/h2-3,12,16H,4-11,13,20H2,1H3,(H,21,25). The molecule has 0 unspecified atom stereocenters. The second-order valence-electron chi connectivity index (χ2n) is 7.06. The van der Waals surface area contributed by atoms with Gasteiger partial charge in [0.15, 0.2) is 0 Å². The predicted molar refractivity (Wildman–Crippen MR) is 99.7 cm³/mol. The summed E-state index contributed by atoms with van der Waals surface area (Å²) in [5.41, 5.74) is 8.14. The highest BCUT2D eigenvalue weighted by Gasteiger charge is 2.21. The van der Waals surface area contributed by atoms with Gasteiger partial charge in [-0.05, 0) is 30.5 Å². The molecule has 2 saturated heterocycles. The molecule has 3 N–H and O–H groups in total. The first kappa shape index (κ1) is 18.7. The molecule has 0 radical (unpaired) electrons. The molecule has 2 aliphatic rings. The zero-order chi connectivity index (χ0) is 18.5. The summed E-state index contributed by atoms with van der Waals surface area (Å²) in [4.78, 5) is 28.2. The number of rotatable bonds is 4. The Labute approximate surface area is 154 Å². The summed E-state index contributed by atoms with van der Waals surface area (Å²) in [6.45, 7) is 6.92. The monoisotopic (exact) mass is 360 g/mol. The van der Waals surface area contributed by atoms with Crippen LogP contribution < -0.4 is 11.1 Å². The van der Waals surface area contributed by atoms with Gasteiger partial charge in [0.1, 0.15) is 0 Å². The maximum absolute atomic E-state index is 12.6. The van der Waals surface area contributed by atoms with Crippen LogP contribution in [0.3, 0.4) is 0 Å². The Morgan fingerprint density at radius 2 is 1.88 bits per heavy atom. The summed E-state index contributed by atoms with van der Waals surface area (Å²) >= 11 is 0. The Morgan fingerprint density at radius 1 is 1.19 bits per heavy atom. The summed E-state index contributed by atoms with van der Waals surface area (Å²) in [6, 6.07) is 5.82. The summed E-state index contributed by atoms with van der Waals surface area (Å²) in [7, 11) is 0. The molecule has 7 heteroatoms. The average Bonchev–Trinajstić information content (AvgIpc) is 2.64. The number of nitrogens with one attached hydrogen (secondary N) is 1. The molecule has 0 aromatic heterocycles. The van der Waals surface area contributed by atoms with E-state index >= 15 is 0 Å². The minimum atomic E-state index is -0.113. The van der Waals surface area contributed by atoms with Crippen molar-refractivity contribution in [3.05, 3.63) is 29.3 Å². The number of ether oxygens (including phenoxy) is 1. The summed E-state index contributed by atoms with van der Waals surface area (Å²) in [6.07, 6.45) is 1.68. The van der Waals surface area contributed by atoms with E-state index in [4.69, 9.17) is 10.5 Å². The molecule has 1 aromatic carbocycles. The maximum Gasteiger partial charge on any atom is 0.253 e. The Balaban J connectivity index is 1.60. The van der Waals surface area contributed by atoms with Crippen LogP contribution in [0.25, 0.3) is 0 Å². The largest absolute Gasteiger partial charge is 0.398 e. The number of hydrogen-bond acceptors (Lipinski definition) is 5. The van der Waals surface area contributed by atoms with Gasteiger partial charge >= 0.3 is 0 Å². The molecule has 2 amide bonds. The Morgan fingerprint density at radius 3 is 2.54 bits per heavy atom. The molecular weight excluding hydrogens is 332 g/mol. The molecule has 1 aromatic rings. The summed E-state index contributed by atoms with van der Waals surface area (Å²) in [5, 5.41) is 3.07. The van der Waals surface area contributed by atoms with E-state index in [-0.39, 0.29) is 17.9 Å². The zero-order valence-electron chi connectivity index (χ0n) is 15.4. The number of nitrogens with two attached hydrogens (primary N) is 1. The van der Waals surface area contributed by atoms with Gasteiger partial charge < -0.3 is 20.7 Å². The predicted octanol–water partition coefficient (Wildman–Crippen LogP) is 0.842. The van der Waals surface area contributed by atoms with Crippen molar-refractivity contribution in [2.24, 2.45) is 0 Å². The van der Waals surface area contributed by atoms with Crippen molar-refractivity contribution in [3.8, 4) is 0 Å². The smallest absolute Gasteiger partial charge is 0.253 e. The molecule has 2 heterocycles. The van der Waals surface area contributed by atoms with Crippen molar-refractivity contribution in [3.63, 3.8) is 0 Å². The van der Waals surface area contributed by atoms with Crippen molar-refractivity contribution >= 4 is 17.5 Å². The first-order valence-corrected chi connectivity index (χ1v) is 9.28. The number of carbonyl (C=O) groups excluding carboxylic acids is 2. The molecule has 0 saturated carbocycles. The zero-order valence-corrected chi connectivity index (χ0v) is 15.4. The van der Waals surface area contributed by atoms with Crippen LogP contribution in [0.4, 0.5) is 5.69 Å². The molecule has 0 atom stereocenters. The van der Waals surface area contributed by atoms with E-state index in [1.54, 1.807) is 13.0 Å². The number of nitrogen functional groups attached to an aromatic ring is 1. The van der Waals surface area contributed by atoms with E-state index in [0.717, 1.165) is 51.1 Å². The van der Waals surface area contributed by atoms with Gasteiger partial charge in [-0.1, -0.05) is 6.07 Å². The fourth-order valence-corrected chi connectivity index (χ4v) is 3.48. The SMILES string of the molecule is CC(=O)N1CCN(Cc2ccc(N)c(C(=O)NC3CCOCC3)c2)CC1. The number of nitrogens with zero attached hydrogens (tertiary/aromatic N) is 2. The lowest BCUT2D eigenvalue weighted by molar-refractivity contribution is -0.130. The Bertz CT molecular complexity index is 650. The third kappa shape index (κ3) is 4.74. The molecule has 0 spiro atoms. The minimum Gasteiger partial charge on any atom is -0.398 e. The maximum atomic E-state index is 12.6. The van der Waals surface area contributed by atoms with E-state index in [1.165, 1.54) is 0 Å². The number of carbonyl (C=O) groups is 2. The molecule has 3 rings (SSSR count). The molecule has 0 bridgehead atoms. The van der Waals surface area contributed by atoms with Crippen molar-refractivity contribution in [1.82, 2.24) is 15.1 Å². The Hall–Kier alpha value is -2.12. The number of amides is 2. The van der Waals surface area contributed by atoms with Gasteiger partial charge in [0.05, 0.1) is 5.56 Å². The van der Waals surface area contributed by atoms with Crippen molar-refractivity contribution in [2.75, 3.05) is 45.1 Å².